The van der Waals surface area contributed by atoms with E-state index in [0.717, 1.165) is 19.6 Å². The summed E-state index contributed by atoms with van der Waals surface area (Å²) >= 11 is 0. The number of aryl methyl sites for hydroxylation is 1. The van der Waals surface area contributed by atoms with Crippen LogP contribution in [0.3, 0.4) is 0 Å². The van der Waals surface area contributed by atoms with E-state index < -0.39 is 0 Å². The first-order valence-electron chi connectivity index (χ1n) is 6.46. The van der Waals surface area contributed by atoms with Gasteiger partial charge in [0.1, 0.15) is 18.9 Å². The van der Waals surface area contributed by atoms with Gasteiger partial charge in [-0.2, -0.15) is 0 Å². The van der Waals surface area contributed by atoms with E-state index in [1.165, 1.54) is 11.1 Å². The maximum Gasteiger partial charge on any atom is 0.245 e. The maximum atomic E-state index is 5.50. The number of benzene rings is 1. The van der Waals surface area contributed by atoms with E-state index in [9.17, 15) is 0 Å². The molecule has 0 spiro atoms. The van der Waals surface area contributed by atoms with Gasteiger partial charge in [0, 0.05) is 0 Å². The average molecular weight is 245 g/mol. The van der Waals surface area contributed by atoms with Gasteiger partial charge in [-0.05, 0) is 18.9 Å². The molecule has 96 valence electrons. The van der Waals surface area contributed by atoms with Gasteiger partial charge in [-0.25, -0.2) is 9.13 Å². The molecular weight excluding hydrogens is 224 g/mol. The third-order valence-corrected chi connectivity index (χ3v) is 2.78. The topological polar surface area (TPSA) is 18.0 Å². The minimum absolute atomic E-state index is 0.634. The first-order chi connectivity index (χ1) is 8.78. The van der Waals surface area contributed by atoms with Crippen LogP contribution in [0.1, 0.15) is 24.5 Å². The molecule has 1 heterocycles. The van der Waals surface area contributed by atoms with Crippen LogP contribution in [0.15, 0.2) is 43.0 Å². The highest BCUT2D eigenvalue weighted by molar-refractivity contribution is 5.21. The SMILES string of the molecule is CCCOCn1cc[n+](Cc2cccc(C)c2)c1. The summed E-state index contributed by atoms with van der Waals surface area (Å²) in [6.07, 6.45) is 7.27. The Morgan fingerprint density at radius 2 is 2.22 bits per heavy atom. The van der Waals surface area contributed by atoms with Crippen LogP contribution >= 0.6 is 0 Å². The molecule has 1 aromatic heterocycles. The second-order valence-corrected chi connectivity index (χ2v) is 4.63. The number of aromatic nitrogens is 2. The molecule has 0 atom stereocenters. The highest BCUT2D eigenvalue weighted by atomic mass is 16.5. The number of nitrogens with zero attached hydrogens (tertiary/aromatic N) is 2. The Bertz CT molecular complexity index is 491. The van der Waals surface area contributed by atoms with Crippen molar-refractivity contribution in [3.63, 3.8) is 0 Å². The summed E-state index contributed by atoms with van der Waals surface area (Å²) in [5.74, 6) is 0. The van der Waals surface area contributed by atoms with Crippen molar-refractivity contribution < 1.29 is 9.30 Å². The standard InChI is InChI=1S/C15H21N2O/c1-3-9-18-13-17-8-7-16(12-17)11-15-6-4-5-14(2)10-15/h4-8,10,12H,3,9,11,13H2,1-2H3/q+1. The van der Waals surface area contributed by atoms with Crippen molar-refractivity contribution in [1.82, 2.24) is 4.57 Å². The summed E-state index contributed by atoms with van der Waals surface area (Å²) in [6, 6.07) is 8.60. The van der Waals surface area contributed by atoms with Crippen molar-refractivity contribution in [2.24, 2.45) is 0 Å². The highest BCUT2D eigenvalue weighted by Crippen LogP contribution is 2.03. The molecule has 0 aliphatic rings. The predicted octanol–water partition coefficient (Wildman–Crippen LogP) is 2.52. The summed E-state index contributed by atoms with van der Waals surface area (Å²) in [5.41, 5.74) is 2.63. The third kappa shape index (κ3) is 3.70. The highest BCUT2D eigenvalue weighted by Gasteiger charge is 2.04. The van der Waals surface area contributed by atoms with Crippen LogP contribution < -0.4 is 4.57 Å². The molecule has 0 radical (unpaired) electrons. The second kappa shape index (κ2) is 6.36. The van der Waals surface area contributed by atoms with Crippen molar-refractivity contribution in [3.05, 3.63) is 54.1 Å². The minimum atomic E-state index is 0.634. The van der Waals surface area contributed by atoms with E-state index in [1.54, 1.807) is 0 Å². The molecule has 0 aliphatic carbocycles. The lowest BCUT2D eigenvalue weighted by Gasteiger charge is -2.00. The quantitative estimate of drug-likeness (QED) is 0.565. The Balaban J connectivity index is 1.94. The van der Waals surface area contributed by atoms with Crippen molar-refractivity contribution >= 4 is 0 Å². The number of rotatable bonds is 6. The van der Waals surface area contributed by atoms with Gasteiger partial charge in [0.15, 0.2) is 6.73 Å². The fourth-order valence-electron chi connectivity index (χ4n) is 1.94. The van der Waals surface area contributed by atoms with Gasteiger partial charge in [0.2, 0.25) is 6.33 Å². The fourth-order valence-corrected chi connectivity index (χ4v) is 1.94. The summed E-state index contributed by atoms with van der Waals surface area (Å²) in [5, 5.41) is 0. The summed E-state index contributed by atoms with van der Waals surface area (Å²) in [6.45, 7) is 6.60. The van der Waals surface area contributed by atoms with E-state index in [4.69, 9.17) is 4.74 Å². The molecule has 2 rings (SSSR count). The Labute approximate surface area is 109 Å². The molecule has 0 aliphatic heterocycles. The molecule has 0 amide bonds. The summed E-state index contributed by atoms with van der Waals surface area (Å²) in [7, 11) is 0. The Hall–Kier alpha value is -1.61. The van der Waals surface area contributed by atoms with Crippen LogP contribution in [0.25, 0.3) is 0 Å². The van der Waals surface area contributed by atoms with Crippen LogP contribution in [0.5, 0.6) is 0 Å². The molecule has 3 nitrogen and oxygen atoms in total. The van der Waals surface area contributed by atoms with Crippen LogP contribution in [0.4, 0.5) is 0 Å². The molecule has 0 unspecified atom stereocenters. The van der Waals surface area contributed by atoms with E-state index in [1.807, 2.05) is 6.20 Å². The van der Waals surface area contributed by atoms with Gasteiger partial charge in [-0.1, -0.05) is 36.8 Å². The van der Waals surface area contributed by atoms with Crippen LogP contribution in [-0.4, -0.2) is 11.2 Å². The first-order valence-corrected chi connectivity index (χ1v) is 6.46. The van der Waals surface area contributed by atoms with Gasteiger partial charge < -0.3 is 4.74 Å². The van der Waals surface area contributed by atoms with E-state index in [-0.39, 0.29) is 0 Å². The largest absolute Gasteiger partial charge is 0.342 e. The Morgan fingerprint density at radius 3 is 3.00 bits per heavy atom. The van der Waals surface area contributed by atoms with Crippen molar-refractivity contribution in [1.29, 1.82) is 0 Å². The van der Waals surface area contributed by atoms with Gasteiger partial charge >= 0.3 is 0 Å². The molecule has 0 saturated heterocycles. The van der Waals surface area contributed by atoms with Crippen LogP contribution in [-0.2, 0) is 18.0 Å². The normalized spacial score (nSPS) is 10.8. The lowest BCUT2D eigenvalue weighted by Crippen LogP contribution is -2.31. The molecule has 1 aromatic carbocycles. The van der Waals surface area contributed by atoms with E-state index in [2.05, 4.69) is 59.8 Å². The average Bonchev–Trinajstić information content (AvgIpc) is 2.77. The lowest BCUT2D eigenvalue weighted by atomic mass is 10.1. The molecule has 18 heavy (non-hydrogen) atoms. The molecule has 0 N–H and O–H groups in total. The summed E-state index contributed by atoms with van der Waals surface area (Å²) in [4.78, 5) is 0. The number of imidazole rings is 1. The zero-order valence-electron chi connectivity index (χ0n) is 11.2. The maximum absolute atomic E-state index is 5.50. The minimum Gasteiger partial charge on any atom is -0.342 e. The van der Waals surface area contributed by atoms with Crippen LogP contribution in [0.2, 0.25) is 0 Å². The zero-order valence-corrected chi connectivity index (χ0v) is 11.2. The zero-order chi connectivity index (χ0) is 12.8. The van der Waals surface area contributed by atoms with Crippen LogP contribution in [0, 0.1) is 6.92 Å². The lowest BCUT2D eigenvalue weighted by molar-refractivity contribution is -0.688. The number of hydrogen-bond donors (Lipinski definition) is 0. The van der Waals surface area contributed by atoms with E-state index >= 15 is 0 Å². The van der Waals surface area contributed by atoms with E-state index in [0.29, 0.717) is 6.73 Å². The van der Waals surface area contributed by atoms with Crippen molar-refractivity contribution in [2.75, 3.05) is 6.61 Å². The Morgan fingerprint density at radius 1 is 1.33 bits per heavy atom. The van der Waals surface area contributed by atoms with Crippen molar-refractivity contribution in [2.45, 2.75) is 33.5 Å². The molecule has 3 heteroatoms. The van der Waals surface area contributed by atoms with Gasteiger partial charge in [0.05, 0.1) is 6.61 Å². The molecule has 0 saturated carbocycles. The monoisotopic (exact) mass is 245 g/mol. The molecule has 0 fully saturated rings. The fraction of sp³-hybridized carbons (Fsp3) is 0.400. The smallest absolute Gasteiger partial charge is 0.245 e. The second-order valence-electron chi connectivity index (χ2n) is 4.63. The van der Waals surface area contributed by atoms with Crippen molar-refractivity contribution in [3.8, 4) is 0 Å². The third-order valence-electron chi connectivity index (χ3n) is 2.78. The molecular formula is C15H21N2O+. The predicted molar refractivity (Wildman–Crippen MR) is 71.2 cm³/mol. The van der Waals surface area contributed by atoms with Gasteiger partial charge in [-0.15, -0.1) is 0 Å². The number of ether oxygens (including phenoxy) is 1. The Kier molecular flexibility index (Phi) is 4.53. The van der Waals surface area contributed by atoms with Gasteiger partial charge in [0.25, 0.3) is 0 Å². The van der Waals surface area contributed by atoms with Gasteiger partial charge in [-0.3, -0.25) is 0 Å². The molecule has 0 bridgehead atoms. The number of hydrogen-bond acceptors (Lipinski definition) is 1. The summed E-state index contributed by atoms with van der Waals surface area (Å²) < 4.78 is 9.73. The molecule has 2 aromatic rings. The first kappa shape index (κ1) is 12.8.